The monoisotopic (exact) mass is 1140 g/mol. The van der Waals surface area contributed by atoms with Gasteiger partial charge in [0.1, 0.15) is 13.2 Å². The molecule has 6 heteroatoms. The number of rotatable bonds is 59. The second-order valence-corrected chi connectivity index (χ2v) is 21.6. The number of carbonyl (C=O) groups is 3. The zero-order chi connectivity index (χ0) is 59.9. The summed E-state index contributed by atoms with van der Waals surface area (Å²) >= 11 is 0. The fourth-order valence-corrected chi connectivity index (χ4v) is 8.80. The van der Waals surface area contributed by atoms with Crippen molar-refractivity contribution in [1.82, 2.24) is 0 Å². The number of carbonyl (C=O) groups excluding carboxylic acids is 3. The van der Waals surface area contributed by atoms with Crippen LogP contribution >= 0.6 is 0 Å². The molecule has 0 aliphatic heterocycles. The normalized spacial score (nSPS) is 13.2. The van der Waals surface area contributed by atoms with Crippen LogP contribution in [-0.4, -0.2) is 37.2 Å². The first-order valence-corrected chi connectivity index (χ1v) is 33.6. The molecular formula is C77H122O6. The van der Waals surface area contributed by atoms with Crippen LogP contribution < -0.4 is 0 Å². The van der Waals surface area contributed by atoms with Crippen molar-refractivity contribution in [2.75, 3.05) is 13.2 Å². The standard InChI is InChI=1S/C77H122O6/c1-4-7-10-13-16-19-22-25-27-29-31-33-35-37-38-40-41-43-45-47-49-52-55-58-61-64-67-70-76(79)82-73-74(72-81-75(78)69-66-63-60-57-54-51-24-21-18-15-12-9-6-3)83-77(80)71-68-65-62-59-56-53-50-48-46-44-42-39-36-34-32-30-28-26-23-20-17-14-11-8-5-2/h7-12,16-21,25-28,31-34,37-39,42,51,54,60,63,74H,4-6,13-15,22-24,29-30,35-36,40-41,43-50,52-53,55-59,61-62,64-73H2,1-3H3/b10-7-,11-8-,12-9-,19-16-,20-17-,21-18-,27-25-,28-26-,33-31-,34-32-,38-37-,42-39-,54-51-,63-60-. The summed E-state index contributed by atoms with van der Waals surface area (Å²) in [5.41, 5.74) is 0. The van der Waals surface area contributed by atoms with E-state index in [1.54, 1.807) is 0 Å². The summed E-state index contributed by atoms with van der Waals surface area (Å²) in [7, 11) is 0. The predicted molar refractivity (Wildman–Crippen MR) is 361 cm³/mol. The Labute approximate surface area is 511 Å². The SMILES string of the molecule is CC/C=C\C/C=C\C/C=C\C/C=C\C/C=C\CCCCCCCCCCCCCC(=O)OCC(COC(=O)CC/C=C\C/C=C\C/C=C\C/C=C\CC)OC(=O)CCCCCCCCCCC/C=C\C/C=C\C/C=C\C/C=C\C/C=C\CC. The third kappa shape index (κ3) is 67.4. The molecule has 466 valence electrons. The highest BCUT2D eigenvalue weighted by atomic mass is 16.6. The number of allylic oxidation sites excluding steroid dienone is 28. The van der Waals surface area contributed by atoms with Crippen LogP contribution in [0.3, 0.4) is 0 Å². The van der Waals surface area contributed by atoms with Gasteiger partial charge in [-0.1, -0.05) is 294 Å². The minimum Gasteiger partial charge on any atom is -0.462 e. The van der Waals surface area contributed by atoms with Gasteiger partial charge in [0.15, 0.2) is 6.10 Å². The van der Waals surface area contributed by atoms with E-state index in [2.05, 4.69) is 185 Å². The highest BCUT2D eigenvalue weighted by Gasteiger charge is 2.19. The smallest absolute Gasteiger partial charge is 0.306 e. The van der Waals surface area contributed by atoms with Crippen molar-refractivity contribution in [3.8, 4) is 0 Å². The van der Waals surface area contributed by atoms with E-state index in [4.69, 9.17) is 14.2 Å². The van der Waals surface area contributed by atoms with Gasteiger partial charge in [-0.25, -0.2) is 0 Å². The van der Waals surface area contributed by atoms with Gasteiger partial charge in [0.05, 0.1) is 0 Å². The lowest BCUT2D eigenvalue weighted by Gasteiger charge is -2.18. The lowest BCUT2D eigenvalue weighted by atomic mass is 10.0. The number of hydrogen-bond donors (Lipinski definition) is 0. The molecule has 0 rings (SSSR count). The summed E-state index contributed by atoms with van der Waals surface area (Å²) in [6.45, 7) is 6.23. The van der Waals surface area contributed by atoms with Gasteiger partial charge >= 0.3 is 17.9 Å². The van der Waals surface area contributed by atoms with E-state index in [9.17, 15) is 14.4 Å². The van der Waals surface area contributed by atoms with Crippen molar-refractivity contribution in [1.29, 1.82) is 0 Å². The van der Waals surface area contributed by atoms with Gasteiger partial charge in [0.25, 0.3) is 0 Å². The molecular weight excluding hydrogens is 1020 g/mol. The zero-order valence-corrected chi connectivity index (χ0v) is 53.4. The van der Waals surface area contributed by atoms with E-state index in [1.165, 1.54) is 96.3 Å². The highest BCUT2D eigenvalue weighted by molar-refractivity contribution is 5.71. The molecule has 1 atom stereocenters. The number of unbranched alkanes of at least 4 members (excludes halogenated alkanes) is 20. The fraction of sp³-hybridized carbons (Fsp3) is 0.597. The van der Waals surface area contributed by atoms with E-state index < -0.39 is 6.10 Å². The average molecular weight is 1140 g/mol. The molecule has 0 saturated carbocycles. The Bertz CT molecular complexity index is 1890. The lowest BCUT2D eigenvalue weighted by molar-refractivity contribution is -0.166. The summed E-state index contributed by atoms with van der Waals surface area (Å²) in [4.78, 5) is 38.3. The summed E-state index contributed by atoms with van der Waals surface area (Å²) in [6.07, 6.45) is 102. The molecule has 0 aromatic rings. The third-order valence-electron chi connectivity index (χ3n) is 13.7. The maximum absolute atomic E-state index is 12.9. The average Bonchev–Trinajstić information content (AvgIpc) is 3.49. The Morgan fingerprint density at radius 3 is 0.747 bits per heavy atom. The van der Waals surface area contributed by atoms with Gasteiger partial charge in [0.2, 0.25) is 0 Å². The second-order valence-electron chi connectivity index (χ2n) is 21.6. The third-order valence-corrected chi connectivity index (χ3v) is 13.7. The Kier molecular flexibility index (Phi) is 64.9. The molecule has 0 aromatic heterocycles. The van der Waals surface area contributed by atoms with E-state index in [1.807, 2.05) is 6.08 Å². The maximum Gasteiger partial charge on any atom is 0.306 e. The molecule has 0 amide bonds. The minimum absolute atomic E-state index is 0.111. The number of esters is 3. The van der Waals surface area contributed by atoms with Gasteiger partial charge < -0.3 is 14.2 Å². The van der Waals surface area contributed by atoms with Crippen molar-refractivity contribution in [3.63, 3.8) is 0 Å². The van der Waals surface area contributed by atoms with Gasteiger partial charge in [-0.15, -0.1) is 0 Å². The minimum atomic E-state index is -0.822. The first kappa shape index (κ1) is 77.8. The Hall–Kier alpha value is -5.23. The Morgan fingerprint density at radius 2 is 0.458 bits per heavy atom. The van der Waals surface area contributed by atoms with Crippen molar-refractivity contribution >= 4 is 17.9 Å². The lowest BCUT2D eigenvalue weighted by Crippen LogP contribution is -2.30. The van der Waals surface area contributed by atoms with Gasteiger partial charge in [-0.3, -0.25) is 14.4 Å². The molecule has 0 aliphatic rings. The van der Waals surface area contributed by atoms with E-state index in [0.29, 0.717) is 19.3 Å². The topological polar surface area (TPSA) is 78.9 Å². The molecule has 1 unspecified atom stereocenters. The summed E-state index contributed by atoms with van der Waals surface area (Å²) in [5, 5.41) is 0. The van der Waals surface area contributed by atoms with Crippen molar-refractivity contribution in [2.45, 2.75) is 284 Å². The van der Waals surface area contributed by atoms with E-state index >= 15 is 0 Å². The van der Waals surface area contributed by atoms with Gasteiger partial charge in [-0.05, 0) is 135 Å². The largest absolute Gasteiger partial charge is 0.462 e. The molecule has 0 radical (unpaired) electrons. The molecule has 0 aliphatic carbocycles. The van der Waals surface area contributed by atoms with E-state index in [0.717, 1.165) is 135 Å². The van der Waals surface area contributed by atoms with Crippen LogP contribution in [-0.2, 0) is 28.6 Å². The summed E-state index contributed by atoms with van der Waals surface area (Å²) in [6, 6.07) is 0. The first-order valence-electron chi connectivity index (χ1n) is 33.6. The van der Waals surface area contributed by atoms with Crippen LogP contribution in [0.15, 0.2) is 170 Å². The van der Waals surface area contributed by atoms with Crippen LogP contribution in [0.1, 0.15) is 278 Å². The second kappa shape index (κ2) is 69.3. The Morgan fingerprint density at radius 1 is 0.241 bits per heavy atom. The number of hydrogen-bond acceptors (Lipinski definition) is 6. The number of ether oxygens (including phenoxy) is 3. The predicted octanol–water partition coefficient (Wildman–Crippen LogP) is 23.4. The highest BCUT2D eigenvalue weighted by Crippen LogP contribution is 2.15. The molecule has 83 heavy (non-hydrogen) atoms. The fourth-order valence-electron chi connectivity index (χ4n) is 8.80. The van der Waals surface area contributed by atoms with Crippen LogP contribution in [0.5, 0.6) is 0 Å². The molecule has 0 N–H and O–H groups in total. The molecule has 0 saturated heterocycles. The van der Waals surface area contributed by atoms with Gasteiger partial charge in [0, 0.05) is 19.3 Å². The quantitative estimate of drug-likeness (QED) is 0.0261. The van der Waals surface area contributed by atoms with Gasteiger partial charge in [-0.2, -0.15) is 0 Å². The van der Waals surface area contributed by atoms with Crippen molar-refractivity contribution in [2.24, 2.45) is 0 Å². The van der Waals surface area contributed by atoms with Crippen LogP contribution in [0, 0.1) is 0 Å². The molecule has 0 fully saturated rings. The van der Waals surface area contributed by atoms with Crippen LogP contribution in [0.2, 0.25) is 0 Å². The van der Waals surface area contributed by atoms with Crippen LogP contribution in [0.25, 0.3) is 0 Å². The van der Waals surface area contributed by atoms with Crippen molar-refractivity contribution in [3.05, 3.63) is 170 Å². The Balaban J connectivity index is 4.38. The molecule has 6 nitrogen and oxygen atoms in total. The first-order chi connectivity index (χ1) is 41.0. The molecule has 0 aromatic carbocycles. The van der Waals surface area contributed by atoms with E-state index in [-0.39, 0.29) is 37.5 Å². The maximum atomic E-state index is 12.9. The van der Waals surface area contributed by atoms with Crippen molar-refractivity contribution < 1.29 is 28.6 Å². The zero-order valence-electron chi connectivity index (χ0n) is 53.4. The van der Waals surface area contributed by atoms with Crippen LogP contribution in [0.4, 0.5) is 0 Å². The molecule has 0 spiro atoms. The molecule has 0 heterocycles. The summed E-state index contributed by atoms with van der Waals surface area (Å²) in [5.74, 6) is -1.01. The molecule has 0 bridgehead atoms. The summed E-state index contributed by atoms with van der Waals surface area (Å²) < 4.78 is 16.9.